The van der Waals surface area contributed by atoms with Crippen molar-refractivity contribution in [3.8, 4) is 0 Å². The summed E-state index contributed by atoms with van der Waals surface area (Å²) >= 11 is 2.19. The maximum Gasteiger partial charge on any atom is 0.154 e. The Labute approximate surface area is 112 Å². The summed E-state index contributed by atoms with van der Waals surface area (Å²) in [5.74, 6) is 0.504. The molecule has 16 heavy (non-hydrogen) atoms. The molecule has 1 rings (SSSR count). The third-order valence-electron chi connectivity index (χ3n) is 2.81. The highest BCUT2D eigenvalue weighted by molar-refractivity contribution is 14.1. The van der Waals surface area contributed by atoms with Crippen molar-refractivity contribution in [3.05, 3.63) is 0 Å². The first kappa shape index (κ1) is 14.7. The van der Waals surface area contributed by atoms with Crippen molar-refractivity contribution in [2.75, 3.05) is 18.1 Å². The molecule has 1 heterocycles. The monoisotopic (exact) mass is 360 g/mol. The van der Waals surface area contributed by atoms with Gasteiger partial charge in [0.25, 0.3) is 0 Å². The summed E-state index contributed by atoms with van der Waals surface area (Å²) < 4.78 is 28.5. The standard InChI is InChI=1S/C11H21IO3S/c1-2-3-4-5-6-7-15-11-9-16(13,14)8-10(11)12/h10-11H,2-9H2,1H3. The molecule has 1 saturated heterocycles. The molecule has 3 nitrogen and oxygen atoms in total. The summed E-state index contributed by atoms with van der Waals surface area (Å²) in [7, 11) is -2.83. The van der Waals surface area contributed by atoms with Crippen molar-refractivity contribution >= 4 is 32.4 Å². The quantitative estimate of drug-likeness (QED) is 0.398. The predicted octanol–water partition coefficient (Wildman–Crippen LogP) is 2.57. The molecule has 0 radical (unpaired) electrons. The molecule has 5 heteroatoms. The highest BCUT2D eigenvalue weighted by atomic mass is 127. The van der Waals surface area contributed by atoms with Crippen LogP contribution in [0.25, 0.3) is 0 Å². The zero-order valence-corrected chi connectivity index (χ0v) is 12.8. The molecule has 2 atom stereocenters. The molecule has 0 aromatic rings. The molecule has 0 aromatic carbocycles. The first-order valence-corrected chi connectivity index (χ1v) is 9.08. The van der Waals surface area contributed by atoms with Crippen LogP contribution in [0, 0.1) is 0 Å². The zero-order valence-electron chi connectivity index (χ0n) is 9.82. The number of ether oxygens (including phenoxy) is 1. The van der Waals surface area contributed by atoms with Crippen molar-refractivity contribution in [2.24, 2.45) is 0 Å². The van der Waals surface area contributed by atoms with E-state index >= 15 is 0 Å². The van der Waals surface area contributed by atoms with Crippen LogP contribution in [0.4, 0.5) is 0 Å². The Morgan fingerprint density at radius 2 is 1.88 bits per heavy atom. The first-order valence-electron chi connectivity index (χ1n) is 6.01. The lowest BCUT2D eigenvalue weighted by Gasteiger charge is -2.13. The van der Waals surface area contributed by atoms with Gasteiger partial charge in [0.05, 0.1) is 21.5 Å². The van der Waals surface area contributed by atoms with E-state index < -0.39 is 9.84 Å². The molecule has 0 bridgehead atoms. The Hall–Kier alpha value is 0.640. The minimum atomic E-state index is -2.83. The minimum absolute atomic E-state index is 0.0724. The third kappa shape index (κ3) is 5.31. The Morgan fingerprint density at radius 1 is 1.19 bits per heavy atom. The van der Waals surface area contributed by atoms with Crippen LogP contribution in [0.1, 0.15) is 39.0 Å². The largest absolute Gasteiger partial charge is 0.376 e. The van der Waals surface area contributed by atoms with Crippen LogP contribution in [0.5, 0.6) is 0 Å². The van der Waals surface area contributed by atoms with Crippen LogP contribution >= 0.6 is 22.6 Å². The summed E-state index contributed by atoms with van der Waals surface area (Å²) in [4.78, 5) is 0. The summed E-state index contributed by atoms with van der Waals surface area (Å²) in [6, 6.07) is 0. The SMILES string of the molecule is CCCCCCCOC1CS(=O)(=O)CC1I. The number of sulfone groups is 1. The topological polar surface area (TPSA) is 43.4 Å². The van der Waals surface area contributed by atoms with Gasteiger partial charge in [-0.25, -0.2) is 8.42 Å². The van der Waals surface area contributed by atoms with Gasteiger partial charge >= 0.3 is 0 Å². The fourth-order valence-electron chi connectivity index (χ4n) is 1.87. The normalized spacial score (nSPS) is 28.4. The molecule has 0 aromatic heterocycles. The van der Waals surface area contributed by atoms with Crippen molar-refractivity contribution in [1.82, 2.24) is 0 Å². The molecule has 96 valence electrons. The van der Waals surface area contributed by atoms with Gasteiger partial charge in [0.1, 0.15) is 0 Å². The lowest BCUT2D eigenvalue weighted by atomic mass is 10.2. The summed E-state index contributed by atoms with van der Waals surface area (Å²) in [6.45, 7) is 2.91. The summed E-state index contributed by atoms with van der Waals surface area (Å²) in [6.07, 6.45) is 5.97. The molecular formula is C11H21IO3S. The second-order valence-electron chi connectivity index (χ2n) is 4.42. The van der Waals surface area contributed by atoms with Crippen LogP contribution in [-0.2, 0) is 14.6 Å². The van der Waals surface area contributed by atoms with E-state index in [1.165, 1.54) is 25.7 Å². The fraction of sp³-hybridized carbons (Fsp3) is 1.00. The van der Waals surface area contributed by atoms with Gasteiger partial charge in [-0.05, 0) is 6.42 Å². The van der Waals surface area contributed by atoms with Crippen molar-refractivity contribution in [2.45, 2.75) is 49.1 Å². The maximum absolute atomic E-state index is 11.3. The highest BCUT2D eigenvalue weighted by Gasteiger charge is 2.36. The van der Waals surface area contributed by atoms with Crippen LogP contribution in [-0.4, -0.2) is 36.6 Å². The molecule has 1 aliphatic rings. The zero-order chi connectivity index (χ0) is 12.0. The van der Waals surface area contributed by atoms with E-state index in [4.69, 9.17) is 4.74 Å². The first-order chi connectivity index (χ1) is 7.55. The molecule has 1 fully saturated rings. The molecule has 0 spiro atoms. The third-order valence-corrected chi connectivity index (χ3v) is 6.36. The van der Waals surface area contributed by atoms with Crippen LogP contribution in [0.2, 0.25) is 0 Å². The van der Waals surface area contributed by atoms with Gasteiger partial charge in [-0.2, -0.15) is 0 Å². The smallest absolute Gasteiger partial charge is 0.154 e. The Morgan fingerprint density at radius 3 is 2.44 bits per heavy atom. The van der Waals surface area contributed by atoms with Crippen LogP contribution < -0.4 is 0 Å². The van der Waals surface area contributed by atoms with E-state index in [9.17, 15) is 8.42 Å². The fourth-order valence-corrected chi connectivity index (χ4v) is 5.98. The van der Waals surface area contributed by atoms with E-state index in [1.807, 2.05) is 0 Å². The van der Waals surface area contributed by atoms with Gasteiger partial charge in [0.15, 0.2) is 9.84 Å². The molecule has 0 aliphatic carbocycles. The molecule has 1 aliphatic heterocycles. The molecular weight excluding hydrogens is 339 g/mol. The summed E-state index contributed by atoms with van der Waals surface area (Å²) in [5.41, 5.74) is 0. The second-order valence-corrected chi connectivity index (χ2v) is 8.17. The molecule has 0 N–H and O–H groups in total. The number of unbranched alkanes of at least 4 members (excludes halogenated alkanes) is 4. The van der Waals surface area contributed by atoms with E-state index in [0.29, 0.717) is 6.61 Å². The number of hydrogen-bond acceptors (Lipinski definition) is 3. The Bertz CT molecular complexity index is 290. The van der Waals surface area contributed by atoms with Crippen molar-refractivity contribution < 1.29 is 13.2 Å². The van der Waals surface area contributed by atoms with E-state index in [1.54, 1.807) is 0 Å². The molecule has 0 saturated carbocycles. The van der Waals surface area contributed by atoms with Crippen molar-refractivity contribution in [1.29, 1.82) is 0 Å². The van der Waals surface area contributed by atoms with Gasteiger partial charge in [0, 0.05) is 6.61 Å². The lowest BCUT2D eigenvalue weighted by Crippen LogP contribution is -2.22. The van der Waals surface area contributed by atoms with Crippen LogP contribution in [0.3, 0.4) is 0 Å². The maximum atomic E-state index is 11.3. The number of halogens is 1. The number of rotatable bonds is 7. The number of hydrogen-bond donors (Lipinski definition) is 0. The minimum Gasteiger partial charge on any atom is -0.376 e. The predicted molar refractivity (Wildman–Crippen MR) is 75.0 cm³/mol. The van der Waals surface area contributed by atoms with E-state index in [2.05, 4.69) is 29.5 Å². The van der Waals surface area contributed by atoms with E-state index in [-0.39, 0.29) is 21.5 Å². The van der Waals surface area contributed by atoms with E-state index in [0.717, 1.165) is 6.42 Å². The molecule has 0 amide bonds. The van der Waals surface area contributed by atoms with Gasteiger partial charge in [-0.3, -0.25) is 0 Å². The number of alkyl halides is 1. The van der Waals surface area contributed by atoms with Gasteiger partial charge in [-0.15, -0.1) is 0 Å². The molecule has 2 unspecified atom stereocenters. The Kier molecular flexibility index (Phi) is 6.58. The highest BCUT2D eigenvalue weighted by Crippen LogP contribution is 2.23. The lowest BCUT2D eigenvalue weighted by molar-refractivity contribution is 0.0739. The van der Waals surface area contributed by atoms with Crippen LogP contribution in [0.15, 0.2) is 0 Å². The summed E-state index contributed by atoms with van der Waals surface area (Å²) in [5, 5.41) is 0. The average Bonchev–Trinajstić information content (AvgIpc) is 2.45. The van der Waals surface area contributed by atoms with Gasteiger partial charge in [-0.1, -0.05) is 55.2 Å². The van der Waals surface area contributed by atoms with Gasteiger partial charge < -0.3 is 4.74 Å². The average molecular weight is 360 g/mol. The second kappa shape index (κ2) is 7.16. The van der Waals surface area contributed by atoms with Gasteiger partial charge in [0.2, 0.25) is 0 Å². The Balaban J connectivity index is 2.10. The van der Waals surface area contributed by atoms with Crippen molar-refractivity contribution in [3.63, 3.8) is 0 Å².